The summed E-state index contributed by atoms with van der Waals surface area (Å²) < 4.78 is 5.13. The molecule has 0 aliphatic carbocycles. The molecule has 1 atom stereocenters. The molecule has 0 bridgehead atoms. The summed E-state index contributed by atoms with van der Waals surface area (Å²) in [6, 6.07) is 10.0. The third-order valence-electron chi connectivity index (χ3n) is 2.34. The van der Waals surface area contributed by atoms with E-state index in [1.807, 2.05) is 43.3 Å². The van der Waals surface area contributed by atoms with Crippen molar-refractivity contribution in [2.75, 3.05) is 21.2 Å². The normalized spacial score (nSPS) is 12.2. The zero-order valence-electron chi connectivity index (χ0n) is 9.40. The first-order valence-electron chi connectivity index (χ1n) is 4.86. The average molecular weight is 204 g/mol. The van der Waals surface area contributed by atoms with E-state index in [1.54, 1.807) is 7.11 Å². The number of rotatable bonds is 4. The van der Waals surface area contributed by atoms with Crippen LogP contribution in [0.25, 0.3) is 0 Å². The second-order valence-electron chi connectivity index (χ2n) is 3.66. The largest absolute Gasteiger partial charge is 0.497 e. The third kappa shape index (κ3) is 3.26. The fraction of sp³-hybridized carbons (Fsp3) is 0.417. The maximum Gasteiger partial charge on any atom is 0.119 e. The van der Waals surface area contributed by atoms with Gasteiger partial charge in [0.2, 0.25) is 0 Å². The minimum Gasteiger partial charge on any atom is -0.497 e. The first-order valence-corrected chi connectivity index (χ1v) is 4.86. The zero-order chi connectivity index (χ0) is 11.3. The number of nitriles is 1. The summed E-state index contributed by atoms with van der Waals surface area (Å²) in [5.74, 6) is 0.836. The van der Waals surface area contributed by atoms with Gasteiger partial charge in [-0.1, -0.05) is 12.1 Å². The Morgan fingerprint density at radius 3 is 2.73 bits per heavy atom. The second kappa shape index (κ2) is 5.38. The zero-order valence-corrected chi connectivity index (χ0v) is 9.40. The Kier molecular flexibility index (Phi) is 4.14. The fourth-order valence-corrected chi connectivity index (χ4v) is 1.37. The number of benzene rings is 1. The van der Waals surface area contributed by atoms with E-state index in [1.165, 1.54) is 0 Å². The molecule has 0 saturated heterocycles. The summed E-state index contributed by atoms with van der Waals surface area (Å²) in [4.78, 5) is 1.92. The Balaban J connectivity index is 2.75. The summed E-state index contributed by atoms with van der Waals surface area (Å²) in [7, 11) is 5.47. The van der Waals surface area contributed by atoms with E-state index in [9.17, 15) is 0 Å². The van der Waals surface area contributed by atoms with Crippen molar-refractivity contribution in [1.29, 1.82) is 5.26 Å². The first kappa shape index (κ1) is 11.5. The standard InChI is InChI=1S/C12H16N2O/c1-14(2)11(9-13)7-10-5-4-6-12(8-10)15-3/h4-6,8,11H,7H2,1-3H3. The first-order chi connectivity index (χ1) is 7.17. The Morgan fingerprint density at radius 2 is 2.20 bits per heavy atom. The molecule has 1 aromatic rings. The minimum absolute atomic E-state index is 0.0860. The Morgan fingerprint density at radius 1 is 1.47 bits per heavy atom. The summed E-state index contributed by atoms with van der Waals surface area (Å²) in [5, 5.41) is 8.96. The molecule has 3 heteroatoms. The van der Waals surface area contributed by atoms with Crippen molar-refractivity contribution >= 4 is 0 Å². The number of nitrogens with zero attached hydrogens (tertiary/aromatic N) is 2. The van der Waals surface area contributed by atoms with Gasteiger partial charge in [-0.2, -0.15) is 5.26 Å². The van der Waals surface area contributed by atoms with Gasteiger partial charge in [0.05, 0.1) is 13.2 Å². The molecule has 0 saturated carbocycles. The molecule has 0 amide bonds. The van der Waals surface area contributed by atoms with Crippen LogP contribution >= 0.6 is 0 Å². The van der Waals surface area contributed by atoms with Crippen LogP contribution in [0.2, 0.25) is 0 Å². The van der Waals surface area contributed by atoms with Gasteiger partial charge < -0.3 is 4.74 Å². The van der Waals surface area contributed by atoms with Gasteiger partial charge in [0.25, 0.3) is 0 Å². The highest BCUT2D eigenvalue weighted by Crippen LogP contribution is 2.14. The van der Waals surface area contributed by atoms with Crippen LogP contribution in [-0.4, -0.2) is 32.1 Å². The van der Waals surface area contributed by atoms with Gasteiger partial charge in [-0.05, 0) is 31.8 Å². The third-order valence-corrected chi connectivity index (χ3v) is 2.34. The van der Waals surface area contributed by atoms with E-state index in [0.29, 0.717) is 0 Å². The number of hydrogen-bond donors (Lipinski definition) is 0. The molecule has 3 nitrogen and oxygen atoms in total. The minimum atomic E-state index is -0.0860. The van der Waals surface area contributed by atoms with Gasteiger partial charge >= 0.3 is 0 Å². The van der Waals surface area contributed by atoms with E-state index in [-0.39, 0.29) is 6.04 Å². The molecule has 0 heterocycles. The molecule has 0 spiro atoms. The summed E-state index contributed by atoms with van der Waals surface area (Å²) >= 11 is 0. The van der Waals surface area contributed by atoms with Gasteiger partial charge in [0.1, 0.15) is 11.8 Å². The number of ether oxygens (including phenoxy) is 1. The Labute approximate surface area is 90.9 Å². The Hall–Kier alpha value is -1.53. The van der Waals surface area contributed by atoms with Crippen molar-refractivity contribution in [3.05, 3.63) is 29.8 Å². The Bertz CT molecular complexity index is 355. The maximum absolute atomic E-state index is 8.96. The molecular weight excluding hydrogens is 188 g/mol. The van der Waals surface area contributed by atoms with Crippen molar-refractivity contribution in [3.63, 3.8) is 0 Å². The van der Waals surface area contributed by atoms with Crippen LogP contribution in [0.5, 0.6) is 5.75 Å². The molecule has 0 N–H and O–H groups in total. The van der Waals surface area contributed by atoms with E-state index in [2.05, 4.69) is 6.07 Å². The maximum atomic E-state index is 8.96. The lowest BCUT2D eigenvalue weighted by atomic mass is 10.1. The van der Waals surface area contributed by atoms with Crippen LogP contribution in [0.15, 0.2) is 24.3 Å². The molecule has 1 aromatic carbocycles. The molecule has 0 aromatic heterocycles. The van der Waals surface area contributed by atoms with Gasteiger partial charge in [-0.15, -0.1) is 0 Å². The lowest BCUT2D eigenvalue weighted by Gasteiger charge is -2.17. The highest BCUT2D eigenvalue weighted by Gasteiger charge is 2.10. The van der Waals surface area contributed by atoms with Crippen LogP contribution < -0.4 is 4.74 Å². The van der Waals surface area contributed by atoms with E-state index in [4.69, 9.17) is 10.00 Å². The molecule has 1 unspecified atom stereocenters. The van der Waals surface area contributed by atoms with Crippen LogP contribution in [0.3, 0.4) is 0 Å². The predicted octanol–water partition coefficient (Wildman–Crippen LogP) is 1.69. The lowest BCUT2D eigenvalue weighted by Crippen LogP contribution is -2.28. The SMILES string of the molecule is COc1cccc(CC(C#N)N(C)C)c1. The summed E-state index contributed by atoms with van der Waals surface area (Å²) in [6.45, 7) is 0. The van der Waals surface area contributed by atoms with Crippen LogP contribution in [0.1, 0.15) is 5.56 Å². The average Bonchev–Trinajstić information content (AvgIpc) is 2.25. The molecule has 1 rings (SSSR count). The van der Waals surface area contributed by atoms with Crippen molar-refractivity contribution in [1.82, 2.24) is 4.90 Å². The van der Waals surface area contributed by atoms with Crippen molar-refractivity contribution in [3.8, 4) is 11.8 Å². The van der Waals surface area contributed by atoms with E-state index < -0.39 is 0 Å². The topological polar surface area (TPSA) is 36.3 Å². The molecule has 0 fully saturated rings. The molecule has 0 aliphatic rings. The highest BCUT2D eigenvalue weighted by molar-refractivity contribution is 5.29. The smallest absolute Gasteiger partial charge is 0.119 e. The molecule has 80 valence electrons. The molecule has 15 heavy (non-hydrogen) atoms. The van der Waals surface area contributed by atoms with Crippen molar-refractivity contribution in [2.24, 2.45) is 0 Å². The summed E-state index contributed by atoms with van der Waals surface area (Å²) in [6.07, 6.45) is 0.723. The predicted molar refractivity (Wildman–Crippen MR) is 59.8 cm³/mol. The van der Waals surface area contributed by atoms with Gasteiger partial charge in [-0.25, -0.2) is 0 Å². The van der Waals surface area contributed by atoms with Crippen LogP contribution in [-0.2, 0) is 6.42 Å². The number of methoxy groups -OCH3 is 1. The quantitative estimate of drug-likeness (QED) is 0.748. The molecular formula is C12H16N2O. The van der Waals surface area contributed by atoms with Gasteiger partial charge in [0.15, 0.2) is 0 Å². The van der Waals surface area contributed by atoms with Gasteiger partial charge in [-0.3, -0.25) is 4.90 Å². The molecule has 0 radical (unpaired) electrons. The van der Waals surface area contributed by atoms with E-state index in [0.717, 1.165) is 17.7 Å². The van der Waals surface area contributed by atoms with Crippen molar-refractivity contribution < 1.29 is 4.74 Å². The second-order valence-corrected chi connectivity index (χ2v) is 3.66. The molecule has 0 aliphatic heterocycles. The number of hydrogen-bond acceptors (Lipinski definition) is 3. The van der Waals surface area contributed by atoms with Crippen LogP contribution in [0.4, 0.5) is 0 Å². The van der Waals surface area contributed by atoms with Crippen LogP contribution in [0, 0.1) is 11.3 Å². The fourth-order valence-electron chi connectivity index (χ4n) is 1.37. The highest BCUT2D eigenvalue weighted by atomic mass is 16.5. The summed E-state index contributed by atoms with van der Waals surface area (Å²) in [5.41, 5.74) is 1.12. The van der Waals surface area contributed by atoms with Crippen molar-refractivity contribution in [2.45, 2.75) is 12.5 Å². The van der Waals surface area contributed by atoms with E-state index >= 15 is 0 Å². The lowest BCUT2D eigenvalue weighted by molar-refractivity contribution is 0.348. The number of likely N-dealkylation sites (N-methyl/N-ethyl adjacent to an activating group) is 1. The van der Waals surface area contributed by atoms with Gasteiger partial charge in [0, 0.05) is 6.42 Å². The monoisotopic (exact) mass is 204 g/mol.